The highest BCUT2D eigenvalue weighted by atomic mass is 35.5. The number of benzene rings is 2. The number of carbonyl (C=O) groups is 1. The zero-order chi connectivity index (χ0) is 20.4. The van der Waals surface area contributed by atoms with Crippen molar-refractivity contribution in [1.29, 1.82) is 0 Å². The molecule has 0 spiro atoms. The SMILES string of the molecule is COc1ccc(N2C(=O)/C(=C\c3cc([N+](=O)[O-])ccc3OC)SC2=S)cc1Cl. The van der Waals surface area contributed by atoms with Gasteiger partial charge < -0.3 is 9.47 Å². The van der Waals surface area contributed by atoms with E-state index in [0.29, 0.717) is 37.0 Å². The number of methoxy groups -OCH3 is 2. The van der Waals surface area contributed by atoms with Gasteiger partial charge in [0.25, 0.3) is 11.6 Å². The molecule has 28 heavy (non-hydrogen) atoms. The molecule has 1 amide bonds. The summed E-state index contributed by atoms with van der Waals surface area (Å²) < 4.78 is 10.7. The molecule has 0 atom stereocenters. The number of hydrogen-bond acceptors (Lipinski definition) is 7. The van der Waals surface area contributed by atoms with Crippen LogP contribution in [-0.2, 0) is 4.79 Å². The van der Waals surface area contributed by atoms with Gasteiger partial charge in [0.1, 0.15) is 11.5 Å². The van der Waals surface area contributed by atoms with Crippen LogP contribution in [-0.4, -0.2) is 29.4 Å². The molecule has 10 heteroatoms. The number of thioether (sulfide) groups is 1. The molecule has 2 aromatic carbocycles. The Morgan fingerprint density at radius 1 is 1.18 bits per heavy atom. The Labute approximate surface area is 175 Å². The summed E-state index contributed by atoms with van der Waals surface area (Å²) in [4.78, 5) is 25.1. The number of carbonyl (C=O) groups excluding carboxylic acids is 1. The zero-order valence-electron chi connectivity index (χ0n) is 14.7. The second-order valence-electron chi connectivity index (χ2n) is 5.52. The molecule has 0 N–H and O–H groups in total. The highest BCUT2D eigenvalue weighted by Crippen LogP contribution is 2.39. The number of ether oxygens (including phenoxy) is 2. The number of halogens is 1. The third kappa shape index (κ3) is 3.82. The minimum Gasteiger partial charge on any atom is -0.496 e. The molecule has 0 aliphatic carbocycles. The summed E-state index contributed by atoms with van der Waals surface area (Å²) in [5.41, 5.74) is 0.803. The van der Waals surface area contributed by atoms with Gasteiger partial charge in [0.05, 0.1) is 34.8 Å². The Hall–Kier alpha value is -2.62. The summed E-state index contributed by atoms with van der Waals surface area (Å²) in [6.07, 6.45) is 1.52. The quantitative estimate of drug-likeness (QED) is 0.291. The molecule has 0 bridgehead atoms. The average Bonchev–Trinajstić information content (AvgIpc) is 2.94. The van der Waals surface area contributed by atoms with Gasteiger partial charge in [-0.3, -0.25) is 19.8 Å². The zero-order valence-corrected chi connectivity index (χ0v) is 17.1. The van der Waals surface area contributed by atoms with Crippen LogP contribution < -0.4 is 14.4 Å². The molecule has 1 aliphatic rings. The first kappa shape index (κ1) is 20.1. The Morgan fingerprint density at radius 3 is 2.46 bits per heavy atom. The summed E-state index contributed by atoms with van der Waals surface area (Å²) >= 11 is 12.6. The van der Waals surface area contributed by atoms with Crippen LogP contribution in [0.5, 0.6) is 11.5 Å². The molecule has 0 saturated carbocycles. The highest BCUT2D eigenvalue weighted by Gasteiger charge is 2.34. The van der Waals surface area contributed by atoms with E-state index < -0.39 is 4.92 Å². The topological polar surface area (TPSA) is 81.9 Å². The van der Waals surface area contributed by atoms with Crippen LogP contribution in [0.25, 0.3) is 6.08 Å². The number of rotatable bonds is 5. The van der Waals surface area contributed by atoms with Crippen LogP contribution in [0, 0.1) is 10.1 Å². The number of thiocarbonyl (C=S) groups is 1. The Bertz CT molecular complexity index is 1030. The van der Waals surface area contributed by atoms with E-state index in [4.69, 9.17) is 33.3 Å². The number of hydrogen-bond donors (Lipinski definition) is 0. The third-order valence-electron chi connectivity index (χ3n) is 3.90. The van der Waals surface area contributed by atoms with E-state index in [1.54, 1.807) is 18.2 Å². The number of anilines is 1. The predicted octanol–water partition coefficient (Wildman–Crippen LogP) is 4.67. The fourth-order valence-electron chi connectivity index (χ4n) is 2.57. The predicted molar refractivity (Wildman–Crippen MR) is 113 cm³/mol. The summed E-state index contributed by atoms with van der Waals surface area (Å²) in [7, 11) is 2.94. The molecule has 1 aliphatic heterocycles. The van der Waals surface area contributed by atoms with Crippen LogP contribution >= 0.6 is 35.6 Å². The molecule has 1 heterocycles. The maximum absolute atomic E-state index is 12.9. The van der Waals surface area contributed by atoms with Gasteiger partial charge in [0.2, 0.25) is 0 Å². The summed E-state index contributed by atoms with van der Waals surface area (Å²) in [6, 6.07) is 9.06. The lowest BCUT2D eigenvalue weighted by molar-refractivity contribution is -0.384. The van der Waals surface area contributed by atoms with Crippen LogP contribution in [0.4, 0.5) is 11.4 Å². The van der Waals surface area contributed by atoms with E-state index in [0.717, 1.165) is 11.8 Å². The lowest BCUT2D eigenvalue weighted by Crippen LogP contribution is -2.27. The lowest BCUT2D eigenvalue weighted by atomic mass is 10.1. The molecule has 7 nitrogen and oxygen atoms in total. The molecule has 2 aromatic rings. The number of nitrogens with zero attached hydrogens (tertiary/aromatic N) is 2. The van der Waals surface area contributed by atoms with E-state index in [1.165, 1.54) is 43.4 Å². The van der Waals surface area contributed by atoms with Crippen molar-refractivity contribution in [3.63, 3.8) is 0 Å². The van der Waals surface area contributed by atoms with E-state index >= 15 is 0 Å². The first-order valence-corrected chi connectivity index (χ1v) is 9.40. The number of nitro benzene ring substituents is 1. The Kier molecular flexibility index (Phi) is 5.87. The van der Waals surface area contributed by atoms with Crippen LogP contribution in [0.2, 0.25) is 5.02 Å². The summed E-state index contributed by atoms with van der Waals surface area (Å²) in [5.74, 6) is 0.529. The largest absolute Gasteiger partial charge is 0.496 e. The molecular weight excluding hydrogens is 424 g/mol. The van der Waals surface area contributed by atoms with Crippen molar-refractivity contribution in [2.75, 3.05) is 19.1 Å². The van der Waals surface area contributed by atoms with E-state index in [1.807, 2.05) is 0 Å². The first-order chi connectivity index (χ1) is 13.3. The number of nitro groups is 1. The van der Waals surface area contributed by atoms with E-state index in [2.05, 4.69) is 0 Å². The van der Waals surface area contributed by atoms with Crippen molar-refractivity contribution in [2.45, 2.75) is 0 Å². The van der Waals surface area contributed by atoms with Crippen molar-refractivity contribution >= 4 is 63.3 Å². The lowest BCUT2D eigenvalue weighted by Gasteiger charge is -2.15. The second-order valence-corrected chi connectivity index (χ2v) is 7.60. The van der Waals surface area contributed by atoms with Gasteiger partial charge in [-0.05, 0) is 30.3 Å². The fourth-order valence-corrected chi connectivity index (χ4v) is 4.12. The molecule has 1 fully saturated rings. The van der Waals surface area contributed by atoms with E-state index in [9.17, 15) is 14.9 Å². The number of amides is 1. The van der Waals surface area contributed by atoms with Crippen LogP contribution in [0.3, 0.4) is 0 Å². The van der Waals surface area contributed by atoms with Gasteiger partial charge in [0.15, 0.2) is 4.32 Å². The van der Waals surface area contributed by atoms with Crippen molar-refractivity contribution in [1.82, 2.24) is 0 Å². The monoisotopic (exact) mass is 436 g/mol. The summed E-state index contributed by atoms with van der Waals surface area (Å²) in [6.45, 7) is 0. The van der Waals surface area contributed by atoms with Gasteiger partial charge in [-0.1, -0.05) is 35.6 Å². The standard InChI is InChI=1S/C18H13ClN2O5S2/c1-25-14-5-4-12(21(23)24)7-10(14)8-16-17(22)20(18(27)28-16)11-3-6-15(26-2)13(19)9-11/h3-9H,1-2H3/b16-8+. The van der Waals surface area contributed by atoms with Crippen molar-refractivity contribution in [3.05, 3.63) is 62.0 Å². The Balaban J connectivity index is 1.99. The molecule has 0 aromatic heterocycles. The van der Waals surface area contributed by atoms with Crippen LogP contribution in [0.1, 0.15) is 5.56 Å². The van der Waals surface area contributed by atoms with Crippen molar-refractivity contribution in [2.24, 2.45) is 0 Å². The third-order valence-corrected chi connectivity index (χ3v) is 5.50. The van der Waals surface area contributed by atoms with Crippen LogP contribution in [0.15, 0.2) is 41.3 Å². The molecule has 3 rings (SSSR count). The van der Waals surface area contributed by atoms with E-state index in [-0.39, 0.29) is 11.6 Å². The first-order valence-electron chi connectivity index (χ1n) is 7.79. The molecule has 1 saturated heterocycles. The van der Waals surface area contributed by atoms with Gasteiger partial charge in [-0.25, -0.2) is 0 Å². The molecular formula is C18H13ClN2O5S2. The number of non-ortho nitro benzene ring substituents is 1. The average molecular weight is 437 g/mol. The van der Waals surface area contributed by atoms with Gasteiger partial charge >= 0.3 is 0 Å². The maximum Gasteiger partial charge on any atom is 0.270 e. The summed E-state index contributed by atoms with van der Waals surface area (Å²) in [5, 5.41) is 11.4. The van der Waals surface area contributed by atoms with Gasteiger partial charge in [0, 0.05) is 17.7 Å². The second kappa shape index (κ2) is 8.17. The van der Waals surface area contributed by atoms with Gasteiger partial charge in [-0.2, -0.15) is 0 Å². The van der Waals surface area contributed by atoms with Gasteiger partial charge in [-0.15, -0.1) is 0 Å². The normalized spacial score (nSPS) is 15.2. The molecule has 0 radical (unpaired) electrons. The smallest absolute Gasteiger partial charge is 0.270 e. The van der Waals surface area contributed by atoms with Crippen molar-refractivity contribution < 1.29 is 19.2 Å². The fraction of sp³-hybridized carbons (Fsp3) is 0.111. The maximum atomic E-state index is 12.9. The minimum atomic E-state index is -0.513. The minimum absolute atomic E-state index is 0.107. The van der Waals surface area contributed by atoms with Crippen molar-refractivity contribution in [3.8, 4) is 11.5 Å². The Morgan fingerprint density at radius 2 is 1.86 bits per heavy atom. The molecule has 144 valence electrons. The highest BCUT2D eigenvalue weighted by molar-refractivity contribution is 8.27. The molecule has 0 unspecified atom stereocenters.